The zero-order valence-electron chi connectivity index (χ0n) is 12.6. The molecule has 1 heterocycles. The second-order valence-corrected chi connectivity index (χ2v) is 6.80. The summed E-state index contributed by atoms with van der Waals surface area (Å²) in [4.78, 5) is 9.38. The van der Waals surface area contributed by atoms with E-state index in [0.29, 0.717) is 11.1 Å². The zero-order valence-corrected chi connectivity index (χ0v) is 13.4. The van der Waals surface area contributed by atoms with E-state index >= 15 is 0 Å². The van der Waals surface area contributed by atoms with Gasteiger partial charge in [0.05, 0.1) is 0 Å². The van der Waals surface area contributed by atoms with Crippen LogP contribution in [0.5, 0.6) is 0 Å². The topological polar surface area (TPSA) is 25.8 Å². The second-order valence-electron chi connectivity index (χ2n) is 6.41. The van der Waals surface area contributed by atoms with Crippen LogP contribution in [0.3, 0.4) is 0 Å². The largest absolute Gasteiger partial charge is 0.237 e. The van der Waals surface area contributed by atoms with Gasteiger partial charge in [-0.1, -0.05) is 54.8 Å². The Hall–Kier alpha value is -1.41. The Labute approximate surface area is 131 Å². The molecule has 0 aliphatic heterocycles. The summed E-state index contributed by atoms with van der Waals surface area (Å²) in [7, 11) is 0. The molecule has 3 rings (SSSR count). The third-order valence-corrected chi connectivity index (χ3v) is 4.74. The van der Waals surface area contributed by atoms with E-state index in [1.54, 1.807) is 0 Å². The van der Waals surface area contributed by atoms with Crippen LogP contribution in [-0.4, -0.2) is 9.97 Å². The van der Waals surface area contributed by atoms with Crippen molar-refractivity contribution in [1.82, 2.24) is 9.97 Å². The Morgan fingerprint density at radius 2 is 1.71 bits per heavy atom. The maximum atomic E-state index is 6.27. The molecule has 0 spiro atoms. The maximum Gasteiger partial charge on any atom is 0.140 e. The van der Waals surface area contributed by atoms with Crippen molar-refractivity contribution in [3.63, 3.8) is 0 Å². The molecule has 0 saturated heterocycles. The molecule has 1 aliphatic carbocycles. The summed E-state index contributed by atoms with van der Waals surface area (Å²) < 4.78 is 0. The minimum atomic E-state index is -0.237. The number of benzene rings is 1. The lowest BCUT2D eigenvalue weighted by atomic mass is 9.83. The summed E-state index contributed by atoms with van der Waals surface area (Å²) in [6.45, 7) is 4.32. The molecular weight excluding hydrogens is 280 g/mol. The molecule has 0 unspecified atom stereocenters. The molecule has 1 aromatic carbocycles. The van der Waals surface area contributed by atoms with E-state index in [1.165, 1.54) is 31.2 Å². The van der Waals surface area contributed by atoms with E-state index < -0.39 is 0 Å². The molecule has 21 heavy (non-hydrogen) atoms. The molecule has 1 aliphatic rings. The SMILES string of the molecule is CC(C)(c1ccccc1)c1nc(Cl)cc(C2CCCC2)n1. The van der Waals surface area contributed by atoms with Crippen LogP contribution in [0, 0.1) is 0 Å². The summed E-state index contributed by atoms with van der Waals surface area (Å²) in [5, 5.41) is 0.561. The minimum absolute atomic E-state index is 0.237. The fraction of sp³-hybridized carbons (Fsp3) is 0.444. The first-order chi connectivity index (χ1) is 10.1. The maximum absolute atomic E-state index is 6.27. The predicted molar refractivity (Wildman–Crippen MR) is 86.8 cm³/mol. The molecule has 0 radical (unpaired) electrons. The zero-order chi connectivity index (χ0) is 14.9. The molecule has 0 amide bonds. The van der Waals surface area contributed by atoms with Gasteiger partial charge < -0.3 is 0 Å². The summed E-state index contributed by atoms with van der Waals surface area (Å²) in [5.41, 5.74) is 2.09. The van der Waals surface area contributed by atoms with Crippen molar-refractivity contribution in [3.8, 4) is 0 Å². The van der Waals surface area contributed by atoms with Crippen LogP contribution in [0.2, 0.25) is 5.15 Å². The van der Waals surface area contributed by atoms with E-state index in [2.05, 4.69) is 43.1 Å². The fourth-order valence-electron chi connectivity index (χ4n) is 3.13. The molecule has 1 saturated carbocycles. The van der Waals surface area contributed by atoms with Gasteiger partial charge in [0.25, 0.3) is 0 Å². The Morgan fingerprint density at radius 3 is 2.38 bits per heavy atom. The van der Waals surface area contributed by atoms with Gasteiger partial charge in [0, 0.05) is 17.0 Å². The van der Waals surface area contributed by atoms with Gasteiger partial charge >= 0.3 is 0 Å². The average molecular weight is 301 g/mol. The van der Waals surface area contributed by atoms with Crippen molar-refractivity contribution in [2.45, 2.75) is 50.9 Å². The van der Waals surface area contributed by atoms with Crippen LogP contribution in [0.1, 0.15) is 62.5 Å². The Kier molecular flexibility index (Phi) is 3.99. The monoisotopic (exact) mass is 300 g/mol. The van der Waals surface area contributed by atoms with E-state index in [-0.39, 0.29) is 5.41 Å². The number of hydrogen-bond donors (Lipinski definition) is 0. The third kappa shape index (κ3) is 2.96. The number of hydrogen-bond acceptors (Lipinski definition) is 2. The molecular formula is C18H21ClN2. The van der Waals surface area contributed by atoms with Crippen LogP contribution in [0.25, 0.3) is 0 Å². The van der Waals surface area contributed by atoms with Gasteiger partial charge in [0.1, 0.15) is 11.0 Å². The molecule has 110 valence electrons. The molecule has 0 N–H and O–H groups in total. The van der Waals surface area contributed by atoms with Crippen LogP contribution in [0.15, 0.2) is 36.4 Å². The van der Waals surface area contributed by atoms with Crippen LogP contribution in [0.4, 0.5) is 0 Å². The van der Waals surface area contributed by atoms with Crippen LogP contribution < -0.4 is 0 Å². The first kappa shape index (κ1) is 14.5. The van der Waals surface area contributed by atoms with Gasteiger partial charge in [-0.2, -0.15) is 0 Å². The summed E-state index contributed by atoms with van der Waals surface area (Å²) in [5.74, 6) is 1.37. The van der Waals surface area contributed by atoms with E-state index in [1.807, 2.05) is 12.1 Å². The van der Waals surface area contributed by atoms with Gasteiger partial charge in [-0.15, -0.1) is 0 Å². The van der Waals surface area contributed by atoms with Crippen LogP contribution in [-0.2, 0) is 5.41 Å². The summed E-state index contributed by atoms with van der Waals surface area (Å²) in [6.07, 6.45) is 5.03. The van der Waals surface area contributed by atoms with Crippen molar-refractivity contribution >= 4 is 11.6 Å². The van der Waals surface area contributed by atoms with Crippen LogP contribution >= 0.6 is 11.6 Å². The predicted octanol–water partition coefficient (Wildman–Crippen LogP) is 5.11. The lowest BCUT2D eigenvalue weighted by Gasteiger charge is -2.25. The highest BCUT2D eigenvalue weighted by atomic mass is 35.5. The van der Waals surface area contributed by atoms with Gasteiger partial charge in [0.15, 0.2) is 0 Å². The molecule has 2 aromatic rings. The van der Waals surface area contributed by atoms with E-state index in [9.17, 15) is 0 Å². The van der Waals surface area contributed by atoms with Crippen molar-refractivity contribution in [3.05, 3.63) is 58.6 Å². The molecule has 3 heteroatoms. The van der Waals surface area contributed by atoms with E-state index in [4.69, 9.17) is 16.6 Å². The Balaban J connectivity index is 2.01. The highest BCUT2D eigenvalue weighted by Crippen LogP contribution is 2.36. The minimum Gasteiger partial charge on any atom is -0.237 e. The molecule has 0 bridgehead atoms. The number of aromatic nitrogens is 2. The van der Waals surface area contributed by atoms with Gasteiger partial charge in [0.2, 0.25) is 0 Å². The van der Waals surface area contributed by atoms with E-state index in [0.717, 1.165) is 11.5 Å². The number of halogens is 1. The first-order valence-electron chi connectivity index (χ1n) is 7.68. The normalized spacial score (nSPS) is 16.3. The molecule has 1 fully saturated rings. The fourth-order valence-corrected chi connectivity index (χ4v) is 3.32. The average Bonchev–Trinajstić information content (AvgIpc) is 3.02. The first-order valence-corrected chi connectivity index (χ1v) is 8.05. The molecule has 1 aromatic heterocycles. The standard InChI is InChI=1S/C18H21ClN2/c1-18(2,14-10-4-3-5-11-14)17-20-15(12-16(19)21-17)13-8-6-7-9-13/h3-5,10-13H,6-9H2,1-2H3. The molecule has 2 nitrogen and oxygen atoms in total. The van der Waals surface area contributed by atoms with Crippen molar-refractivity contribution in [2.75, 3.05) is 0 Å². The second kappa shape index (κ2) is 5.76. The Bertz CT molecular complexity index is 616. The highest BCUT2D eigenvalue weighted by molar-refractivity contribution is 6.29. The molecule has 0 atom stereocenters. The lowest BCUT2D eigenvalue weighted by Crippen LogP contribution is -2.23. The highest BCUT2D eigenvalue weighted by Gasteiger charge is 2.28. The third-order valence-electron chi connectivity index (χ3n) is 4.54. The lowest BCUT2D eigenvalue weighted by molar-refractivity contribution is 0.574. The smallest absolute Gasteiger partial charge is 0.140 e. The van der Waals surface area contributed by atoms with Gasteiger partial charge in [-0.3, -0.25) is 0 Å². The van der Waals surface area contributed by atoms with Gasteiger partial charge in [-0.25, -0.2) is 9.97 Å². The van der Waals surface area contributed by atoms with Gasteiger partial charge in [-0.05, 0) is 38.3 Å². The summed E-state index contributed by atoms with van der Waals surface area (Å²) in [6, 6.07) is 12.3. The summed E-state index contributed by atoms with van der Waals surface area (Å²) >= 11 is 6.27. The van der Waals surface area contributed by atoms with Crippen molar-refractivity contribution < 1.29 is 0 Å². The van der Waals surface area contributed by atoms with Crippen molar-refractivity contribution in [1.29, 1.82) is 0 Å². The quantitative estimate of drug-likeness (QED) is 0.736. The Morgan fingerprint density at radius 1 is 1.05 bits per heavy atom. The number of rotatable bonds is 3. The van der Waals surface area contributed by atoms with Crippen molar-refractivity contribution in [2.24, 2.45) is 0 Å². The number of nitrogens with zero attached hydrogens (tertiary/aromatic N) is 2.